The highest BCUT2D eigenvalue weighted by molar-refractivity contribution is 5.59. The van der Waals surface area contributed by atoms with E-state index in [2.05, 4.69) is 52.6 Å². The Labute approximate surface area is 107 Å². The lowest BCUT2D eigenvalue weighted by atomic mass is 10.1. The van der Waals surface area contributed by atoms with Crippen LogP contribution in [-0.2, 0) is 0 Å². The zero-order valence-corrected chi connectivity index (χ0v) is 11.2. The normalized spacial score (nSPS) is 10.2. The average molecular weight is 242 g/mol. The quantitative estimate of drug-likeness (QED) is 0.868. The SMILES string of the molecule is CNc1nc(C)cc(Nc2ccc(C)c(C)c2)n1. The van der Waals surface area contributed by atoms with E-state index in [0.29, 0.717) is 5.95 Å². The highest BCUT2D eigenvalue weighted by Crippen LogP contribution is 2.19. The molecular weight excluding hydrogens is 224 g/mol. The highest BCUT2D eigenvalue weighted by atomic mass is 15.1. The van der Waals surface area contributed by atoms with Crippen molar-refractivity contribution in [3.8, 4) is 0 Å². The van der Waals surface area contributed by atoms with Crippen molar-refractivity contribution in [1.82, 2.24) is 9.97 Å². The van der Waals surface area contributed by atoms with Crippen LogP contribution in [-0.4, -0.2) is 17.0 Å². The summed E-state index contributed by atoms with van der Waals surface area (Å²) >= 11 is 0. The van der Waals surface area contributed by atoms with Crippen LogP contribution in [0.5, 0.6) is 0 Å². The predicted octanol–water partition coefficient (Wildman–Crippen LogP) is 3.19. The largest absolute Gasteiger partial charge is 0.357 e. The average Bonchev–Trinajstić information content (AvgIpc) is 2.33. The predicted molar refractivity (Wildman–Crippen MR) is 75.5 cm³/mol. The van der Waals surface area contributed by atoms with E-state index >= 15 is 0 Å². The van der Waals surface area contributed by atoms with Crippen LogP contribution in [0.2, 0.25) is 0 Å². The van der Waals surface area contributed by atoms with Gasteiger partial charge in [-0.05, 0) is 44.0 Å². The minimum Gasteiger partial charge on any atom is -0.357 e. The summed E-state index contributed by atoms with van der Waals surface area (Å²) in [6.45, 7) is 6.16. The van der Waals surface area contributed by atoms with E-state index in [0.717, 1.165) is 17.2 Å². The summed E-state index contributed by atoms with van der Waals surface area (Å²) in [5, 5.41) is 6.25. The fourth-order valence-electron chi connectivity index (χ4n) is 1.71. The summed E-state index contributed by atoms with van der Waals surface area (Å²) in [5.74, 6) is 1.43. The molecule has 1 aromatic heterocycles. The Morgan fingerprint density at radius 1 is 0.944 bits per heavy atom. The molecule has 0 fully saturated rings. The number of hydrogen-bond donors (Lipinski definition) is 2. The van der Waals surface area contributed by atoms with E-state index in [9.17, 15) is 0 Å². The lowest BCUT2D eigenvalue weighted by molar-refractivity contribution is 1.10. The summed E-state index contributed by atoms with van der Waals surface area (Å²) < 4.78 is 0. The summed E-state index contributed by atoms with van der Waals surface area (Å²) in [6.07, 6.45) is 0. The van der Waals surface area contributed by atoms with Gasteiger partial charge in [0.05, 0.1) is 0 Å². The molecule has 2 rings (SSSR count). The molecule has 0 aliphatic carbocycles. The van der Waals surface area contributed by atoms with Gasteiger partial charge in [0.2, 0.25) is 5.95 Å². The molecule has 0 amide bonds. The van der Waals surface area contributed by atoms with Crippen molar-refractivity contribution in [2.75, 3.05) is 17.7 Å². The molecule has 94 valence electrons. The van der Waals surface area contributed by atoms with E-state index in [1.807, 2.05) is 20.0 Å². The second kappa shape index (κ2) is 5.04. The van der Waals surface area contributed by atoms with Gasteiger partial charge in [-0.15, -0.1) is 0 Å². The van der Waals surface area contributed by atoms with E-state index in [4.69, 9.17) is 0 Å². The molecule has 0 aliphatic rings. The van der Waals surface area contributed by atoms with Crippen molar-refractivity contribution >= 4 is 17.5 Å². The smallest absolute Gasteiger partial charge is 0.224 e. The third-order valence-corrected chi connectivity index (χ3v) is 2.86. The van der Waals surface area contributed by atoms with Crippen LogP contribution in [0.15, 0.2) is 24.3 Å². The minimum absolute atomic E-state index is 0.626. The molecule has 2 aromatic rings. The van der Waals surface area contributed by atoms with Gasteiger partial charge in [0.1, 0.15) is 5.82 Å². The highest BCUT2D eigenvalue weighted by Gasteiger charge is 2.02. The Morgan fingerprint density at radius 2 is 1.72 bits per heavy atom. The van der Waals surface area contributed by atoms with Crippen LogP contribution in [0.1, 0.15) is 16.8 Å². The Bertz CT molecular complexity index is 564. The van der Waals surface area contributed by atoms with Crippen LogP contribution < -0.4 is 10.6 Å². The maximum absolute atomic E-state index is 4.37. The fraction of sp³-hybridized carbons (Fsp3) is 0.286. The molecule has 0 spiro atoms. The van der Waals surface area contributed by atoms with Gasteiger partial charge in [-0.25, -0.2) is 4.98 Å². The number of nitrogens with zero attached hydrogens (tertiary/aromatic N) is 2. The molecule has 0 atom stereocenters. The lowest BCUT2D eigenvalue weighted by Crippen LogP contribution is -2.02. The number of hydrogen-bond acceptors (Lipinski definition) is 4. The van der Waals surface area contributed by atoms with Crippen LogP contribution in [0.3, 0.4) is 0 Å². The standard InChI is InChI=1S/C14H18N4/c1-9-5-6-12(7-10(9)2)17-13-8-11(3)16-14(15-4)18-13/h5-8H,1-4H3,(H2,15,16,17,18). The van der Waals surface area contributed by atoms with Crippen molar-refractivity contribution in [3.63, 3.8) is 0 Å². The maximum Gasteiger partial charge on any atom is 0.224 e. The van der Waals surface area contributed by atoms with Crippen molar-refractivity contribution in [2.24, 2.45) is 0 Å². The van der Waals surface area contributed by atoms with Crippen molar-refractivity contribution in [3.05, 3.63) is 41.1 Å². The second-order valence-corrected chi connectivity index (χ2v) is 4.39. The zero-order valence-electron chi connectivity index (χ0n) is 11.2. The van der Waals surface area contributed by atoms with E-state index in [1.54, 1.807) is 0 Å². The van der Waals surface area contributed by atoms with Gasteiger partial charge in [0.25, 0.3) is 0 Å². The van der Waals surface area contributed by atoms with E-state index in [1.165, 1.54) is 11.1 Å². The molecule has 0 saturated carbocycles. The summed E-state index contributed by atoms with van der Waals surface area (Å²) in [5.41, 5.74) is 4.52. The first-order valence-electron chi connectivity index (χ1n) is 5.96. The molecule has 1 aromatic carbocycles. The van der Waals surface area contributed by atoms with Gasteiger partial charge in [-0.3, -0.25) is 0 Å². The Morgan fingerprint density at radius 3 is 2.39 bits per heavy atom. The van der Waals surface area contributed by atoms with Gasteiger partial charge in [0.15, 0.2) is 0 Å². The second-order valence-electron chi connectivity index (χ2n) is 4.39. The van der Waals surface area contributed by atoms with Crippen molar-refractivity contribution < 1.29 is 0 Å². The first-order valence-corrected chi connectivity index (χ1v) is 5.96. The topological polar surface area (TPSA) is 49.8 Å². The number of rotatable bonds is 3. The molecule has 0 radical (unpaired) electrons. The van der Waals surface area contributed by atoms with Crippen LogP contribution in [0, 0.1) is 20.8 Å². The molecule has 18 heavy (non-hydrogen) atoms. The van der Waals surface area contributed by atoms with Crippen LogP contribution in [0.25, 0.3) is 0 Å². The van der Waals surface area contributed by atoms with Gasteiger partial charge in [-0.1, -0.05) is 6.07 Å². The monoisotopic (exact) mass is 242 g/mol. The van der Waals surface area contributed by atoms with Crippen molar-refractivity contribution in [1.29, 1.82) is 0 Å². The number of benzene rings is 1. The van der Waals surface area contributed by atoms with Gasteiger partial charge in [0, 0.05) is 24.5 Å². The molecule has 4 nitrogen and oxygen atoms in total. The molecular formula is C14H18N4. The van der Waals surface area contributed by atoms with Crippen molar-refractivity contribution in [2.45, 2.75) is 20.8 Å². The van der Waals surface area contributed by atoms with Crippen LogP contribution in [0.4, 0.5) is 17.5 Å². The van der Waals surface area contributed by atoms with Gasteiger partial charge >= 0.3 is 0 Å². The molecule has 0 saturated heterocycles. The summed E-state index contributed by atoms with van der Waals surface area (Å²) in [4.78, 5) is 8.63. The lowest BCUT2D eigenvalue weighted by Gasteiger charge is -2.09. The van der Waals surface area contributed by atoms with E-state index < -0.39 is 0 Å². The Balaban J connectivity index is 2.27. The Hall–Kier alpha value is -2.10. The first-order chi connectivity index (χ1) is 8.58. The minimum atomic E-state index is 0.626. The molecule has 4 heteroatoms. The zero-order chi connectivity index (χ0) is 13.1. The number of anilines is 3. The molecule has 2 N–H and O–H groups in total. The molecule has 0 unspecified atom stereocenters. The maximum atomic E-state index is 4.37. The number of nitrogens with one attached hydrogen (secondary N) is 2. The molecule has 0 aliphatic heterocycles. The molecule has 0 bridgehead atoms. The summed E-state index contributed by atoms with van der Waals surface area (Å²) in [6, 6.07) is 8.20. The van der Waals surface area contributed by atoms with Gasteiger partial charge < -0.3 is 10.6 Å². The summed E-state index contributed by atoms with van der Waals surface area (Å²) in [7, 11) is 1.81. The van der Waals surface area contributed by atoms with E-state index in [-0.39, 0.29) is 0 Å². The molecule has 1 heterocycles. The third-order valence-electron chi connectivity index (χ3n) is 2.86. The first kappa shape index (κ1) is 12.4. The van der Waals surface area contributed by atoms with Crippen LogP contribution >= 0.6 is 0 Å². The van der Waals surface area contributed by atoms with Gasteiger partial charge in [-0.2, -0.15) is 4.98 Å². The number of aromatic nitrogens is 2. The number of aryl methyl sites for hydroxylation is 3. The third kappa shape index (κ3) is 2.77. The fourth-order valence-corrected chi connectivity index (χ4v) is 1.71. The Kier molecular flexibility index (Phi) is 3.46.